The van der Waals surface area contributed by atoms with E-state index in [-0.39, 0.29) is 11.1 Å². The van der Waals surface area contributed by atoms with E-state index in [0.717, 1.165) is 0 Å². The molecule has 0 saturated heterocycles. The standard InChI is InChI=1S/C20H12Cl2O4/c21-13-5-1-11(2-6-13)15-9-18(20(25)26)16(10-17(15)19(23)24)12-3-7-14(22)8-4-12/h1-10H,(H,23,24)(H,25,26). The lowest BCUT2D eigenvalue weighted by Crippen LogP contribution is -2.06. The van der Waals surface area contributed by atoms with Gasteiger partial charge in [0.05, 0.1) is 11.1 Å². The van der Waals surface area contributed by atoms with Gasteiger partial charge in [0.15, 0.2) is 0 Å². The average molecular weight is 387 g/mol. The number of rotatable bonds is 4. The van der Waals surface area contributed by atoms with Gasteiger partial charge in [0.1, 0.15) is 0 Å². The van der Waals surface area contributed by atoms with Crippen LogP contribution in [-0.4, -0.2) is 22.2 Å². The highest BCUT2D eigenvalue weighted by molar-refractivity contribution is 6.31. The fourth-order valence-electron chi connectivity index (χ4n) is 2.69. The molecule has 26 heavy (non-hydrogen) atoms. The Morgan fingerprint density at radius 2 is 0.923 bits per heavy atom. The van der Waals surface area contributed by atoms with Gasteiger partial charge in [0.25, 0.3) is 0 Å². The SMILES string of the molecule is O=C(O)c1cc(-c2ccc(Cl)cc2)c(C(=O)O)cc1-c1ccc(Cl)cc1. The van der Waals surface area contributed by atoms with Gasteiger partial charge in [-0.2, -0.15) is 0 Å². The van der Waals surface area contributed by atoms with Crippen LogP contribution in [0.15, 0.2) is 60.7 Å². The smallest absolute Gasteiger partial charge is 0.336 e. The van der Waals surface area contributed by atoms with Crippen LogP contribution in [-0.2, 0) is 0 Å². The van der Waals surface area contributed by atoms with E-state index in [0.29, 0.717) is 32.3 Å². The molecule has 0 radical (unpaired) electrons. The van der Waals surface area contributed by atoms with E-state index in [1.165, 1.54) is 12.1 Å². The number of aromatic carboxylic acids is 2. The molecule has 0 amide bonds. The Kier molecular flexibility index (Phi) is 4.98. The third kappa shape index (κ3) is 3.57. The molecule has 0 saturated carbocycles. The Bertz CT molecular complexity index is 910. The van der Waals surface area contributed by atoms with Crippen molar-refractivity contribution in [2.24, 2.45) is 0 Å². The van der Waals surface area contributed by atoms with E-state index in [1.807, 2.05) is 0 Å². The normalized spacial score (nSPS) is 10.5. The zero-order valence-electron chi connectivity index (χ0n) is 13.2. The molecule has 3 aromatic rings. The van der Waals surface area contributed by atoms with Crippen molar-refractivity contribution in [2.45, 2.75) is 0 Å². The van der Waals surface area contributed by atoms with Crippen molar-refractivity contribution >= 4 is 35.1 Å². The molecule has 0 aliphatic carbocycles. The Balaban J connectivity index is 2.28. The number of hydrogen-bond donors (Lipinski definition) is 2. The first-order chi connectivity index (χ1) is 12.4. The third-order valence-corrected chi connectivity index (χ3v) is 4.43. The molecule has 0 aromatic heterocycles. The minimum Gasteiger partial charge on any atom is -0.478 e. The predicted octanol–water partition coefficient (Wildman–Crippen LogP) is 5.72. The van der Waals surface area contributed by atoms with Crippen molar-refractivity contribution in [1.82, 2.24) is 0 Å². The van der Waals surface area contributed by atoms with Crippen LogP contribution in [0.5, 0.6) is 0 Å². The second-order valence-electron chi connectivity index (χ2n) is 5.57. The summed E-state index contributed by atoms with van der Waals surface area (Å²) in [5.41, 5.74) is 1.76. The molecule has 0 aliphatic rings. The first-order valence-corrected chi connectivity index (χ1v) is 8.29. The summed E-state index contributed by atoms with van der Waals surface area (Å²) >= 11 is 11.8. The molecule has 0 atom stereocenters. The molecule has 0 spiro atoms. The summed E-state index contributed by atoms with van der Waals surface area (Å²) < 4.78 is 0. The Hall–Kier alpha value is -2.82. The summed E-state index contributed by atoms with van der Waals surface area (Å²) in [4.78, 5) is 23.6. The zero-order valence-corrected chi connectivity index (χ0v) is 14.8. The zero-order chi connectivity index (χ0) is 18.8. The van der Waals surface area contributed by atoms with E-state index >= 15 is 0 Å². The van der Waals surface area contributed by atoms with Crippen molar-refractivity contribution in [3.63, 3.8) is 0 Å². The molecular formula is C20H12Cl2O4. The summed E-state index contributed by atoms with van der Waals surface area (Å²) in [6, 6.07) is 15.8. The highest BCUT2D eigenvalue weighted by Crippen LogP contribution is 2.33. The van der Waals surface area contributed by atoms with Gasteiger partial charge in [-0.15, -0.1) is 0 Å². The summed E-state index contributed by atoms with van der Waals surface area (Å²) in [6.45, 7) is 0. The van der Waals surface area contributed by atoms with Crippen molar-refractivity contribution in [3.8, 4) is 22.3 Å². The monoisotopic (exact) mass is 386 g/mol. The molecule has 0 bridgehead atoms. The average Bonchev–Trinajstić information content (AvgIpc) is 2.62. The van der Waals surface area contributed by atoms with Gasteiger partial charge in [-0.3, -0.25) is 0 Å². The van der Waals surface area contributed by atoms with Crippen LogP contribution in [0.1, 0.15) is 20.7 Å². The van der Waals surface area contributed by atoms with Gasteiger partial charge in [0, 0.05) is 10.0 Å². The summed E-state index contributed by atoms with van der Waals surface area (Å²) in [6.07, 6.45) is 0. The van der Waals surface area contributed by atoms with Gasteiger partial charge in [-0.1, -0.05) is 47.5 Å². The second-order valence-corrected chi connectivity index (χ2v) is 6.44. The van der Waals surface area contributed by atoms with Crippen molar-refractivity contribution in [1.29, 1.82) is 0 Å². The lowest BCUT2D eigenvalue weighted by molar-refractivity contribution is 0.0682. The lowest BCUT2D eigenvalue weighted by atomic mass is 9.90. The number of carbonyl (C=O) groups is 2. The fourth-order valence-corrected chi connectivity index (χ4v) is 2.94. The first-order valence-electron chi connectivity index (χ1n) is 7.53. The molecule has 0 fully saturated rings. The van der Waals surface area contributed by atoms with Crippen LogP contribution in [0.2, 0.25) is 10.0 Å². The maximum absolute atomic E-state index is 11.8. The summed E-state index contributed by atoms with van der Waals surface area (Å²) in [5, 5.41) is 20.3. The highest BCUT2D eigenvalue weighted by Gasteiger charge is 2.20. The molecule has 4 nitrogen and oxygen atoms in total. The first kappa shape index (κ1) is 18.0. The van der Waals surface area contributed by atoms with E-state index in [9.17, 15) is 19.8 Å². The molecule has 6 heteroatoms. The maximum Gasteiger partial charge on any atom is 0.336 e. The van der Waals surface area contributed by atoms with Gasteiger partial charge < -0.3 is 10.2 Å². The highest BCUT2D eigenvalue weighted by atomic mass is 35.5. The van der Waals surface area contributed by atoms with E-state index in [2.05, 4.69) is 0 Å². The molecular weight excluding hydrogens is 375 g/mol. The van der Waals surface area contributed by atoms with Crippen LogP contribution in [0.4, 0.5) is 0 Å². The maximum atomic E-state index is 11.8. The summed E-state index contributed by atoms with van der Waals surface area (Å²) in [7, 11) is 0. The van der Waals surface area contributed by atoms with Crippen molar-refractivity contribution in [3.05, 3.63) is 81.8 Å². The van der Waals surface area contributed by atoms with Crippen LogP contribution >= 0.6 is 23.2 Å². The third-order valence-electron chi connectivity index (χ3n) is 3.93. The topological polar surface area (TPSA) is 74.6 Å². The predicted molar refractivity (Wildman–Crippen MR) is 101 cm³/mol. The van der Waals surface area contributed by atoms with Crippen molar-refractivity contribution in [2.75, 3.05) is 0 Å². The Morgan fingerprint density at radius 3 is 1.19 bits per heavy atom. The minimum absolute atomic E-state index is 0.00210. The fraction of sp³-hybridized carbons (Fsp3) is 0. The van der Waals surface area contributed by atoms with Crippen LogP contribution < -0.4 is 0 Å². The lowest BCUT2D eigenvalue weighted by Gasteiger charge is -2.13. The minimum atomic E-state index is -1.15. The molecule has 3 aromatic carbocycles. The van der Waals surface area contributed by atoms with Crippen LogP contribution in [0.25, 0.3) is 22.3 Å². The van der Waals surface area contributed by atoms with Gasteiger partial charge in [-0.25, -0.2) is 9.59 Å². The van der Waals surface area contributed by atoms with Crippen LogP contribution in [0, 0.1) is 0 Å². The van der Waals surface area contributed by atoms with Gasteiger partial charge >= 0.3 is 11.9 Å². The van der Waals surface area contributed by atoms with E-state index in [1.54, 1.807) is 48.5 Å². The number of carboxylic acids is 2. The van der Waals surface area contributed by atoms with Crippen molar-refractivity contribution < 1.29 is 19.8 Å². The van der Waals surface area contributed by atoms with E-state index < -0.39 is 11.9 Å². The molecule has 0 aliphatic heterocycles. The van der Waals surface area contributed by atoms with Gasteiger partial charge in [-0.05, 0) is 58.7 Å². The molecule has 3 rings (SSSR count). The van der Waals surface area contributed by atoms with Gasteiger partial charge in [0.2, 0.25) is 0 Å². The quantitative estimate of drug-likeness (QED) is 0.600. The molecule has 0 heterocycles. The number of halogens is 2. The number of carboxylic acid groups (broad SMARTS) is 2. The molecule has 0 unspecified atom stereocenters. The number of hydrogen-bond acceptors (Lipinski definition) is 2. The Morgan fingerprint density at radius 1 is 0.615 bits per heavy atom. The molecule has 130 valence electrons. The molecule has 2 N–H and O–H groups in total. The van der Waals surface area contributed by atoms with Crippen LogP contribution in [0.3, 0.4) is 0 Å². The second kappa shape index (κ2) is 7.20. The number of benzene rings is 3. The largest absolute Gasteiger partial charge is 0.478 e. The summed E-state index contributed by atoms with van der Waals surface area (Å²) in [5.74, 6) is -2.30. The van der Waals surface area contributed by atoms with E-state index in [4.69, 9.17) is 23.2 Å². The Labute approximate surface area is 159 Å².